The van der Waals surface area contributed by atoms with Gasteiger partial charge in [0.1, 0.15) is 12.2 Å². The highest BCUT2D eigenvalue weighted by Crippen LogP contribution is 2.25. The van der Waals surface area contributed by atoms with Crippen LogP contribution in [0.2, 0.25) is 0 Å². The standard InChI is InChI=1S/C27H36N2O6S/c1-27(2,3)35-26(31)28-16-14-22(15-17-28)20-21-10-12-24(13-11-21)29(36(4,32)33)18-19-34-25(30)23-8-6-5-7-9-23/h5-13,22H,14-20H2,1-4H3. The van der Waals surface area contributed by atoms with Gasteiger partial charge >= 0.3 is 12.1 Å². The van der Waals surface area contributed by atoms with E-state index in [0.29, 0.717) is 30.3 Å². The molecule has 196 valence electrons. The quantitative estimate of drug-likeness (QED) is 0.480. The number of sulfonamides is 1. The lowest BCUT2D eigenvalue weighted by Gasteiger charge is -2.33. The Labute approximate surface area is 214 Å². The summed E-state index contributed by atoms with van der Waals surface area (Å²) >= 11 is 0. The van der Waals surface area contributed by atoms with Crippen molar-refractivity contribution in [3.63, 3.8) is 0 Å². The largest absolute Gasteiger partial charge is 0.460 e. The summed E-state index contributed by atoms with van der Waals surface area (Å²) in [4.78, 5) is 26.2. The Morgan fingerprint density at radius 1 is 1.00 bits per heavy atom. The lowest BCUT2D eigenvalue weighted by atomic mass is 9.90. The zero-order valence-corrected chi connectivity index (χ0v) is 22.3. The monoisotopic (exact) mass is 516 g/mol. The Bertz CT molecular complexity index is 1120. The number of esters is 1. The highest BCUT2D eigenvalue weighted by Gasteiger charge is 2.27. The number of carbonyl (C=O) groups excluding carboxylic acids is 2. The van der Waals surface area contributed by atoms with Crippen molar-refractivity contribution >= 4 is 27.8 Å². The molecule has 1 aliphatic heterocycles. The van der Waals surface area contributed by atoms with Gasteiger partial charge in [0.15, 0.2) is 0 Å². The summed E-state index contributed by atoms with van der Waals surface area (Å²) in [6.07, 6.45) is 3.52. The summed E-state index contributed by atoms with van der Waals surface area (Å²) in [5.74, 6) is -0.0462. The van der Waals surface area contributed by atoms with Crippen LogP contribution < -0.4 is 4.31 Å². The lowest BCUT2D eigenvalue weighted by Crippen LogP contribution is -2.42. The van der Waals surface area contributed by atoms with E-state index in [-0.39, 0.29) is 19.2 Å². The van der Waals surface area contributed by atoms with Gasteiger partial charge in [0, 0.05) is 13.1 Å². The molecule has 0 radical (unpaired) electrons. The molecular weight excluding hydrogens is 480 g/mol. The summed E-state index contributed by atoms with van der Waals surface area (Å²) in [6.45, 7) is 6.90. The zero-order valence-electron chi connectivity index (χ0n) is 21.5. The number of likely N-dealkylation sites (tertiary alicyclic amines) is 1. The van der Waals surface area contributed by atoms with Crippen LogP contribution in [0, 0.1) is 5.92 Å². The van der Waals surface area contributed by atoms with Crippen molar-refractivity contribution in [2.75, 3.05) is 36.8 Å². The summed E-state index contributed by atoms with van der Waals surface area (Å²) in [6, 6.07) is 16.0. The van der Waals surface area contributed by atoms with Crippen molar-refractivity contribution < 1.29 is 27.5 Å². The fourth-order valence-electron chi connectivity index (χ4n) is 4.14. The minimum absolute atomic E-state index is 0.0277. The Hall–Kier alpha value is -3.07. The van der Waals surface area contributed by atoms with E-state index in [0.717, 1.165) is 31.1 Å². The van der Waals surface area contributed by atoms with E-state index >= 15 is 0 Å². The van der Waals surface area contributed by atoms with Crippen LogP contribution in [0.25, 0.3) is 0 Å². The van der Waals surface area contributed by atoms with Crippen LogP contribution in [-0.4, -0.2) is 63.5 Å². The maximum Gasteiger partial charge on any atom is 0.410 e. The van der Waals surface area contributed by atoms with E-state index in [2.05, 4.69) is 0 Å². The van der Waals surface area contributed by atoms with Gasteiger partial charge in [0.25, 0.3) is 0 Å². The van der Waals surface area contributed by atoms with Gasteiger partial charge < -0.3 is 14.4 Å². The second-order valence-corrected chi connectivity index (χ2v) is 12.0. The highest BCUT2D eigenvalue weighted by molar-refractivity contribution is 7.92. The highest BCUT2D eigenvalue weighted by atomic mass is 32.2. The number of piperidine rings is 1. The topological polar surface area (TPSA) is 93.2 Å². The van der Waals surface area contributed by atoms with Crippen molar-refractivity contribution in [2.45, 2.75) is 45.6 Å². The van der Waals surface area contributed by atoms with Crippen LogP contribution in [0.15, 0.2) is 54.6 Å². The number of carbonyl (C=O) groups is 2. The van der Waals surface area contributed by atoms with Crippen LogP contribution in [0.1, 0.15) is 49.5 Å². The van der Waals surface area contributed by atoms with Gasteiger partial charge in [-0.2, -0.15) is 0 Å². The number of hydrogen-bond acceptors (Lipinski definition) is 6. The van der Waals surface area contributed by atoms with Crippen molar-refractivity contribution in [2.24, 2.45) is 5.92 Å². The van der Waals surface area contributed by atoms with Gasteiger partial charge in [-0.05, 0) is 75.8 Å². The molecule has 3 rings (SSSR count). The molecule has 1 saturated heterocycles. The number of anilines is 1. The first-order valence-corrected chi connectivity index (χ1v) is 14.0. The number of nitrogens with zero attached hydrogens (tertiary/aromatic N) is 2. The van der Waals surface area contributed by atoms with E-state index in [1.54, 1.807) is 47.4 Å². The average Bonchev–Trinajstić information content (AvgIpc) is 2.81. The maximum absolute atomic E-state index is 12.4. The van der Waals surface area contributed by atoms with Crippen LogP contribution in [-0.2, 0) is 25.9 Å². The van der Waals surface area contributed by atoms with Crippen LogP contribution >= 0.6 is 0 Å². The Balaban J connectivity index is 1.53. The van der Waals surface area contributed by atoms with Crippen molar-refractivity contribution in [3.05, 3.63) is 65.7 Å². The van der Waals surface area contributed by atoms with Crippen LogP contribution in [0.3, 0.4) is 0 Å². The second kappa shape index (κ2) is 11.8. The third-order valence-electron chi connectivity index (χ3n) is 5.95. The normalized spacial score (nSPS) is 14.8. The van der Waals surface area contributed by atoms with Crippen molar-refractivity contribution in [3.8, 4) is 0 Å². The average molecular weight is 517 g/mol. The molecule has 0 unspecified atom stereocenters. The second-order valence-electron chi connectivity index (χ2n) is 10.1. The summed E-state index contributed by atoms with van der Waals surface area (Å²) in [5, 5.41) is 0. The van der Waals surface area contributed by atoms with Gasteiger partial charge in [-0.3, -0.25) is 4.31 Å². The lowest BCUT2D eigenvalue weighted by molar-refractivity contribution is 0.0184. The van der Waals surface area contributed by atoms with Crippen LogP contribution in [0.4, 0.5) is 10.5 Å². The number of amides is 1. The predicted octanol–water partition coefficient (Wildman–Crippen LogP) is 4.50. The molecule has 36 heavy (non-hydrogen) atoms. The molecule has 0 spiro atoms. The Morgan fingerprint density at radius 3 is 2.17 bits per heavy atom. The van der Waals surface area contributed by atoms with Crippen molar-refractivity contribution in [1.29, 1.82) is 0 Å². The number of hydrogen-bond donors (Lipinski definition) is 0. The zero-order chi connectivity index (χ0) is 26.3. The molecule has 1 heterocycles. The molecule has 8 nitrogen and oxygen atoms in total. The number of rotatable bonds is 8. The molecule has 2 aromatic carbocycles. The van der Waals surface area contributed by atoms with Crippen molar-refractivity contribution in [1.82, 2.24) is 4.90 Å². The predicted molar refractivity (Wildman–Crippen MR) is 140 cm³/mol. The molecule has 0 N–H and O–H groups in total. The molecule has 0 bridgehead atoms. The molecule has 0 aliphatic carbocycles. The smallest absolute Gasteiger partial charge is 0.410 e. The number of benzene rings is 2. The molecule has 0 atom stereocenters. The minimum atomic E-state index is -3.56. The van der Waals surface area contributed by atoms with E-state index in [4.69, 9.17) is 9.47 Å². The molecule has 2 aromatic rings. The van der Waals surface area contributed by atoms with Gasteiger partial charge in [-0.1, -0.05) is 30.3 Å². The first-order chi connectivity index (χ1) is 16.9. The van der Waals surface area contributed by atoms with E-state index < -0.39 is 21.6 Å². The minimum Gasteiger partial charge on any atom is -0.460 e. The van der Waals surface area contributed by atoms with Gasteiger partial charge in [0.05, 0.1) is 24.1 Å². The van der Waals surface area contributed by atoms with E-state index in [1.165, 1.54) is 4.31 Å². The first kappa shape index (κ1) is 27.5. The molecule has 1 aliphatic rings. The summed E-state index contributed by atoms with van der Waals surface area (Å²) in [7, 11) is -3.56. The van der Waals surface area contributed by atoms with Gasteiger partial charge in [0.2, 0.25) is 10.0 Å². The number of ether oxygens (including phenoxy) is 2. The Morgan fingerprint density at radius 2 is 1.61 bits per heavy atom. The fourth-order valence-corrected chi connectivity index (χ4v) is 5.05. The van der Waals surface area contributed by atoms with Gasteiger partial charge in [-0.25, -0.2) is 18.0 Å². The molecule has 0 saturated carbocycles. The van der Waals surface area contributed by atoms with Gasteiger partial charge in [-0.15, -0.1) is 0 Å². The SMILES string of the molecule is CC(C)(C)OC(=O)N1CCC(Cc2ccc(N(CCOC(=O)c3ccccc3)S(C)(=O)=O)cc2)CC1. The molecule has 0 aromatic heterocycles. The molecular formula is C27H36N2O6S. The van der Waals surface area contributed by atoms with Crippen LogP contribution in [0.5, 0.6) is 0 Å². The van der Waals surface area contributed by atoms with E-state index in [9.17, 15) is 18.0 Å². The third-order valence-corrected chi connectivity index (χ3v) is 7.15. The molecule has 1 fully saturated rings. The van der Waals surface area contributed by atoms with E-state index in [1.807, 2.05) is 32.9 Å². The fraction of sp³-hybridized carbons (Fsp3) is 0.481. The first-order valence-electron chi connectivity index (χ1n) is 12.2. The molecule has 1 amide bonds. The Kier molecular flexibility index (Phi) is 9.00. The molecule has 9 heteroatoms. The summed E-state index contributed by atoms with van der Waals surface area (Å²) in [5.41, 5.74) is 1.55. The maximum atomic E-state index is 12.4. The summed E-state index contributed by atoms with van der Waals surface area (Å²) < 4.78 is 36.8. The third kappa shape index (κ3) is 8.26.